The Morgan fingerprint density at radius 3 is 2.00 bits per heavy atom. The fraction of sp³-hybridized carbons (Fsp3) is 0.136. The highest BCUT2D eigenvalue weighted by Gasteiger charge is 2.12. The van der Waals surface area contributed by atoms with Crippen LogP contribution in [0.25, 0.3) is 0 Å². The molecule has 0 saturated heterocycles. The van der Waals surface area contributed by atoms with Gasteiger partial charge in [0.05, 0.1) is 27.0 Å². The Morgan fingerprint density at radius 1 is 0.806 bits per heavy atom. The summed E-state index contributed by atoms with van der Waals surface area (Å²) in [6.07, 6.45) is 5.05. The van der Waals surface area contributed by atoms with Crippen molar-refractivity contribution in [1.29, 1.82) is 0 Å². The third kappa shape index (κ3) is 5.21. The molecule has 0 radical (unpaired) electrons. The molecule has 2 N–H and O–H groups in total. The molecule has 0 aliphatic rings. The zero-order chi connectivity index (χ0) is 21.5. The Bertz CT molecular complexity index is 1100. The number of ether oxygens (including phenoxy) is 4. The van der Waals surface area contributed by atoms with E-state index in [0.29, 0.717) is 29.6 Å². The molecule has 0 bridgehead atoms. The van der Waals surface area contributed by atoms with Crippen molar-refractivity contribution in [3.63, 3.8) is 0 Å². The molecule has 2 aromatic carbocycles. The van der Waals surface area contributed by atoms with Crippen molar-refractivity contribution in [3.8, 4) is 34.9 Å². The molecule has 0 unspecified atom stereocenters. The van der Waals surface area contributed by atoms with E-state index < -0.39 is 0 Å². The van der Waals surface area contributed by atoms with Crippen LogP contribution in [0.2, 0.25) is 0 Å². The van der Waals surface area contributed by atoms with Gasteiger partial charge >= 0.3 is 6.01 Å². The molecule has 9 heteroatoms. The van der Waals surface area contributed by atoms with E-state index >= 15 is 0 Å². The van der Waals surface area contributed by atoms with E-state index in [1.807, 2.05) is 0 Å². The summed E-state index contributed by atoms with van der Waals surface area (Å²) in [7, 11) is 3.22. The SMILES string of the molecule is COc1ccc(Oc2ncc(NCc3ncc[nH]3)c(Oc3ccc(OC)cc3)n2)cc1. The Hall–Kier alpha value is -4.27. The van der Waals surface area contributed by atoms with Crippen LogP contribution in [0.5, 0.6) is 34.9 Å². The largest absolute Gasteiger partial charge is 0.497 e. The maximum atomic E-state index is 5.99. The van der Waals surface area contributed by atoms with Gasteiger partial charge in [-0.15, -0.1) is 0 Å². The average Bonchev–Trinajstić information content (AvgIpc) is 3.33. The Morgan fingerprint density at radius 2 is 1.42 bits per heavy atom. The van der Waals surface area contributed by atoms with E-state index in [1.165, 1.54) is 0 Å². The summed E-state index contributed by atoms with van der Waals surface area (Å²) in [5.74, 6) is 3.72. The number of methoxy groups -OCH3 is 2. The molecular weight excluding hydrogens is 398 g/mol. The van der Waals surface area contributed by atoms with Crippen LogP contribution < -0.4 is 24.3 Å². The van der Waals surface area contributed by atoms with Crippen molar-refractivity contribution in [2.24, 2.45) is 0 Å². The van der Waals surface area contributed by atoms with Gasteiger partial charge in [0.2, 0.25) is 5.88 Å². The third-order valence-electron chi connectivity index (χ3n) is 4.28. The van der Waals surface area contributed by atoms with E-state index in [4.69, 9.17) is 18.9 Å². The minimum atomic E-state index is 0.150. The first kappa shape index (κ1) is 20.0. The van der Waals surface area contributed by atoms with Gasteiger partial charge in [0, 0.05) is 12.4 Å². The number of hydrogen-bond donors (Lipinski definition) is 2. The molecule has 9 nitrogen and oxygen atoms in total. The van der Waals surface area contributed by atoms with Crippen molar-refractivity contribution in [3.05, 3.63) is 72.9 Å². The molecule has 0 atom stereocenters. The molecule has 0 amide bonds. The van der Waals surface area contributed by atoms with Crippen LogP contribution in [0.1, 0.15) is 5.82 Å². The minimum Gasteiger partial charge on any atom is -0.497 e. The highest BCUT2D eigenvalue weighted by atomic mass is 16.5. The number of hydrogen-bond acceptors (Lipinski definition) is 8. The summed E-state index contributed by atoms with van der Waals surface area (Å²) in [6, 6.07) is 14.5. The normalized spacial score (nSPS) is 10.4. The second-order valence-electron chi connectivity index (χ2n) is 6.32. The molecule has 31 heavy (non-hydrogen) atoms. The van der Waals surface area contributed by atoms with E-state index in [-0.39, 0.29) is 6.01 Å². The van der Waals surface area contributed by atoms with Gasteiger partial charge in [-0.3, -0.25) is 0 Å². The molecule has 2 heterocycles. The quantitative estimate of drug-likeness (QED) is 0.411. The first-order valence-corrected chi connectivity index (χ1v) is 9.46. The van der Waals surface area contributed by atoms with Crippen LogP contribution in [-0.4, -0.2) is 34.2 Å². The van der Waals surface area contributed by atoms with Crippen LogP contribution in [0.4, 0.5) is 5.69 Å². The zero-order valence-electron chi connectivity index (χ0n) is 17.0. The van der Waals surface area contributed by atoms with E-state index in [2.05, 4.69) is 25.3 Å². The number of imidazole rings is 1. The Labute approximate surface area is 179 Å². The van der Waals surface area contributed by atoms with E-state index in [9.17, 15) is 0 Å². The molecular formula is C22H21N5O4. The fourth-order valence-corrected chi connectivity index (χ4v) is 2.68. The Kier molecular flexibility index (Phi) is 6.13. The van der Waals surface area contributed by atoms with Crippen LogP contribution in [-0.2, 0) is 6.54 Å². The number of aromatic nitrogens is 4. The number of anilines is 1. The maximum absolute atomic E-state index is 5.99. The fourth-order valence-electron chi connectivity index (χ4n) is 2.68. The van der Waals surface area contributed by atoms with Gasteiger partial charge in [-0.2, -0.15) is 4.98 Å². The summed E-state index contributed by atoms with van der Waals surface area (Å²) in [5.41, 5.74) is 0.592. The second-order valence-corrected chi connectivity index (χ2v) is 6.32. The first-order valence-electron chi connectivity index (χ1n) is 9.46. The van der Waals surface area contributed by atoms with Gasteiger partial charge in [-0.1, -0.05) is 0 Å². The zero-order valence-corrected chi connectivity index (χ0v) is 17.0. The van der Waals surface area contributed by atoms with Gasteiger partial charge in [-0.25, -0.2) is 9.97 Å². The van der Waals surface area contributed by atoms with Crippen molar-refractivity contribution < 1.29 is 18.9 Å². The lowest BCUT2D eigenvalue weighted by molar-refractivity contribution is 0.402. The van der Waals surface area contributed by atoms with Gasteiger partial charge in [-0.05, 0) is 48.5 Å². The summed E-state index contributed by atoms with van der Waals surface area (Å²) >= 11 is 0. The molecule has 0 fully saturated rings. The number of H-pyrrole nitrogens is 1. The summed E-state index contributed by atoms with van der Waals surface area (Å²) < 4.78 is 22.1. The number of aromatic amines is 1. The van der Waals surface area contributed by atoms with Crippen LogP contribution in [0, 0.1) is 0 Å². The standard InChI is InChI=1S/C22H21N5O4/c1-28-15-3-7-17(8-4-15)30-21-19(25-14-20-23-11-12-24-20)13-26-22(27-21)31-18-9-5-16(29-2)6-10-18/h3-13,25H,14H2,1-2H3,(H,23,24). The van der Waals surface area contributed by atoms with Gasteiger partial charge in [0.15, 0.2) is 0 Å². The molecule has 2 aromatic heterocycles. The molecule has 4 rings (SSSR count). The lowest BCUT2D eigenvalue weighted by Gasteiger charge is -2.13. The molecule has 0 aliphatic carbocycles. The van der Waals surface area contributed by atoms with E-state index in [1.54, 1.807) is 81.3 Å². The maximum Gasteiger partial charge on any atom is 0.325 e. The smallest absolute Gasteiger partial charge is 0.325 e. The summed E-state index contributed by atoms with van der Waals surface area (Å²) in [4.78, 5) is 16.0. The number of benzene rings is 2. The van der Waals surface area contributed by atoms with Crippen molar-refractivity contribution >= 4 is 5.69 Å². The first-order chi connectivity index (χ1) is 15.2. The summed E-state index contributed by atoms with van der Waals surface area (Å²) in [6.45, 7) is 0.452. The van der Waals surface area contributed by atoms with Crippen LogP contribution in [0.3, 0.4) is 0 Å². The third-order valence-corrected chi connectivity index (χ3v) is 4.28. The molecule has 158 valence electrons. The predicted octanol–water partition coefficient (Wildman–Crippen LogP) is 4.41. The minimum absolute atomic E-state index is 0.150. The molecule has 0 saturated carbocycles. The predicted molar refractivity (Wildman–Crippen MR) is 114 cm³/mol. The van der Waals surface area contributed by atoms with Gasteiger partial charge < -0.3 is 29.2 Å². The molecule has 0 spiro atoms. The van der Waals surface area contributed by atoms with Crippen LogP contribution >= 0.6 is 0 Å². The summed E-state index contributed by atoms with van der Waals surface area (Å²) in [5, 5.41) is 3.22. The highest BCUT2D eigenvalue weighted by molar-refractivity contribution is 5.53. The molecule has 4 aromatic rings. The van der Waals surface area contributed by atoms with Crippen molar-refractivity contribution in [2.45, 2.75) is 6.54 Å². The van der Waals surface area contributed by atoms with E-state index in [0.717, 1.165) is 17.3 Å². The lowest BCUT2D eigenvalue weighted by Crippen LogP contribution is -2.05. The second kappa shape index (κ2) is 9.49. The van der Waals surface area contributed by atoms with Crippen molar-refractivity contribution in [2.75, 3.05) is 19.5 Å². The molecule has 0 aliphatic heterocycles. The highest BCUT2D eigenvalue weighted by Crippen LogP contribution is 2.31. The number of nitrogens with zero attached hydrogens (tertiary/aromatic N) is 3. The topological polar surface area (TPSA) is 103 Å². The number of rotatable bonds is 9. The van der Waals surface area contributed by atoms with Crippen LogP contribution in [0.15, 0.2) is 67.1 Å². The van der Waals surface area contributed by atoms with Gasteiger partial charge in [0.25, 0.3) is 0 Å². The monoisotopic (exact) mass is 419 g/mol. The Balaban J connectivity index is 1.56. The van der Waals surface area contributed by atoms with Gasteiger partial charge in [0.1, 0.15) is 34.5 Å². The lowest BCUT2D eigenvalue weighted by atomic mass is 10.3. The van der Waals surface area contributed by atoms with Crippen molar-refractivity contribution in [1.82, 2.24) is 19.9 Å². The number of nitrogens with one attached hydrogen (secondary N) is 2. The average molecular weight is 419 g/mol.